The fourth-order valence-electron chi connectivity index (χ4n) is 1.19. The van der Waals surface area contributed by atoms with E-state index in [1.165, 1.54) is 0 Å². The van der Waals surface area contributed by atoms with E-state index in [4.69, 9.17) is 5.73 Å². The van der Waals surface area contributed by atoms with E-state index in [9.17, 15) is 0 Å². The Morgan fingerprint density at radius 3 is 3.00 bits per heavy atom. The van der Waals surface area contributed by atoms with Crippen molar-refractivity contribution in [3.8, 4) is 0 Å². The molecule has 0 aromatic carbocycles. The molecule has 3 heteroatoms. The van der Waals surface area contributed by atoms with Gasteiger partial charge in [0.15, 0.2) is 0 Å². The van der Waals surface area contributed by atoms with E-state index >= 15 is 0 Å². The van der Waals surface area contributed by atoms with Gasteiger partial charge in [0.25, 0.3) is 0 Å². The Labute approximate surface area is 85.7 Å². The number of pyridine rings is 1. The number of aromatic nitrogens is 1. The molecule has 78 valence electrons. The summed E-state index contributed by atoms with van der Waals surface area (Å²) < 4.78 is 0. The highest BCUT2D eigenvalue weighted by molar-refractivity contribution is 5.02. The molecule has 0 bridgehead atoms. The van der Waals surface area contributed by atoms with Crippen molar-refractivity contribution >= 4 is 0 Å². The lowest BCUT2D eigenvalue weighted by atomic mass is 10.1. The highest BCUT2D eigenvalue weighted by atomic mass is 14.9. The SMILES string of the molecule is CC(CN)CCNCc1ccccn1. The van der Waals surface area contributed by atoms with Crippen LogP contribution in [-0.2, 0) is 6.54 Å². The molecule has 1 heterocycles. The van der Waals surface area contributed by atoms with Gasteiger partial charge in [0.2, 0.25) is 0 Å². The van der Waals surface area contributed by atoms with Gasteiger partial charge in [-0.05, 0) is 37.6 Å². The van der Waals surface area contributed by atoms with Gasteiger partial charge in [0.1, 0.15) is 0 Å². The molecule has 0 radical (unpaired) electrons. The predicted molar refractivity (Wildman–Crippen MR) is 58.8 cm³/mol. The molecule has 0 aliphatic carbocycles. The van der Waals surface area contributed by atoms with E-state index in [-0.39, 0.29) is 0 Å². The fourth-order valence-corrected chi connectivity index (χ4v) is 1.19. The van der Waals surface area contributed by atoms with Crippen molar-refractivity contribution in [1.29, 1.82) is 0 Å². The summed E-state index contributed by atoms with van der Waals surface area (Å²) in [6, 6.07) is 5.96. The molecule has 14 heavy (non-hydrogen) atoms. The normalized spacial score (nSPS) is 12.7. The third-order valence-corrected chi connectivity index (χ3v) is 2.25. The second-order valence-electron chi connectivity index (χ2n) is 3.63. The smallest absolute Gasteiger partial charge is 0.0541 e. The molecule has 0 saturated carbocycles. The first-order valence-electron chi connectivity index (χ1n) is 5.13. The van der Waals surface area contributed by atoms with Crippen molar-refractivity contribution in [1.82, 2.24) is 10.3 Å². The van der Waals surface area contributed by atoms with Crippen LogP contribution in [0.3, 0.4) is 0 Å². The van der Waals surface area contributed by atoms with Crippen molar-refractivity contribution < 1.29 is 0 Å². The van der Waals surface area contributed by atoms with Crippen LogP contribution in [0.15, 0.2) is 24.4 Å². The fraction of sp³-hybridized carbons (Fsp3) is 0.545. The molecule has 0 spiro atoms. The van der Waals surface area contributed by atoms with E-state index in [0.29, 0.717) is 5.92 Å². The third kappa shape index (κ3) is 4.35. The van der Waals surface area contributed by atoms with Gasteiger partial charge in [-0.1, -0.05) is 13.0 Å². The molecule has 3 nitrogen and oxygen atoms in total. The van der Waals surface area contributed by atoms with Crippen molar-refractivity contribution in [2.75, 3.05) is 13.1 Å². The summed E-state index contributed by atoms with van der Waals surface area (Å²) in [5.41, 5.74) is 6.62. The molecule has 0 aliphatic heterocycles. The third-order valence-electron chi connectivity index (χ3n) is 2.25. The van der Waals surface area contributed by atoms with Gasteiger partial charge in [-0.3, -0.25) is 4.98 Å². The quantitative estimate of drug-likeness (QED) is 0.666. The van der Waals surface area contributed by atoms with E-state index in [1.54, 1.807) is 0 Å². The molecule has 0 fully saturated rings. The van der Waals surface area contributed by atoms with Crippen LogP contribution in [-0.4, -0.2) is 18.1 Å². The molecule has 3 N–H and O–H groups in total. The number of rotatable bonds is 6. The van der Waals surface area contributed by atoms with Crippen molar-refractivity contribution in [2.24, 2.45) is 11.7 Å². The van der Waals surface area contributed by atoms with Crippen molar-refractivity contribution in [3.63, 3.8) is 0 Å². The van der Waals surface area contributed by atoms with Gasteiger partial charge in [-0.25, -0.2) is 0 Å². The average Bonchev–Trinajstić information content (AvgIpc) is 2.25. The number of nitrogens with one attached hydrogen (secondary N) is 1. The summed E-state index contributed by atoms with van der Waals surface area (Å²) in [6.45, 7) is 4.79. The Morgan fingerprint density at radius 1 is 1.50 bits per heavy atom. The summed E-state index contributed by atoms with van der Waals surface area (Å²) >= 11 is 0. The molecule has 1 rings (SSSR count). The predicted octanol–water partition coefficient (Wildman–Crippen LogP) is 1.16. The van der Waals surface area contributed by atoms with Gasteiger partial charge in [-0.15, -0.1) is 0 Å². The van der Waals surface area contributed by atoms with Crippen LogP contribution in [0.5, 0.6) is 0 Å². The maximum Gasteiger partial charge on any atom is 0.0541 e. The van der Waals surface area contributed by atoms with Crippen LogP contribution in [0.1, 0.15) is 19.0 Å². The van der Waals surface area contributed by atoms with Crippen molar-refractivity contribution in [3.05, 3.63) is 30.1 Å². The van der Waals surface area contributed by atoms with E-state index < -0.39 is 0 Å². The Morgan fingerprint density at radius 2 is 2.36 bits per heavy atom. The molecule has 1 unspecified atom stereocenters. The van der Waals surface area contributed by atoms with E-state index in [0.717, 1.165) is 31.7 Å². The van der Waals surface area contributed by atoms with E-state index in [1.807, 2.05) is 24.4 Å². The lowest BCUT2D eigenvalue weighted by Gasteiger charge is -2.08. The maximum absolute atomic E-state index is 5.53. The minimum absolute atomic E-state index is 0.603. The summed E-state index contributed by atoms with van der Waals surface area (Å²) in [5.74, 6) is 0.603. The zero-order valence-electron chi connectivity index (χ0n) is 8.74. The summed E-state index contributed by atoms with van der Waals surface area (Å²) in [4.78, 5) is 4.23. The molecular formula is C11H19N3. The Kier molecular flexibility index (Phi) is 5.19. The zero-order valence-corrected chi connectivity index (χ0v) is 8.74. The summed E-state index contributed by atoms with van der Waals surface area (Å²) in [5, 5.41) is 3.35. The van der Waals surface area contributed by atoms with E-state index in [2.05, 4.69) is 17.2 Å². The topological polar surface area (TPSA) is 50.9 Å². The molecular weight excluding hydrogens is 174 g/mol. The lowest BCUT2D eigenvalue weighted by Crippen LogP contribution is -2.20. The second-order valence-corrected chi connectivity index (χ2v) is 3.63. The molecule has 0 aliphatic rings. The maximum atomic E-state index is 5.53. The van der Waals surface area contributed by atoms with Gasteiger partial charge in [0, 0.05) is 12.7 Å². The van der Waals surface area contributed by atoms with Gasteiger partial charge < -0.3 is 11.1 Å². The number of nitrogens with zero attached hydrogens (tertiary/aromatic N) is 1. The molecule has 1 atom stereocenters. The first-order chi connectivity index (χ1) is 6.83. The lowest BCUT2D eigenvalue weighted by molar-refractivity contribution is 0.507. The average molecular weight is 193 g/mol. The van der Waals surface area contributed by atoms with Crippen LogP contribution in [0, 0.1) is 5.92 Å². The van der Waals surface area contributed by atoms with Crippen LogP contribution in [0.4, 0.5) is 0 Å². The second kappa shape index (κ2) is 6.51. The number of nitrogens with two attached hydrogens (primary N) is 1. The highest BCUT2D eigenvalue weighted by Crippen LogP contribution is 1.97. The van der Waals surface area contributed by atoms with Gasteiger partial charge in [-0.2, -0.15) is 0 Å². The Bertz CT molecular complexity index is 236. The minimum Gasteiger partial charge on any atom is -0.330 e. The number of hydrogen-bond acceptors (Lipinski definition) is 3. The Balaban J connectivity index is 2.10. The highest BCUT2D eigenvalue weighted by Gasteiger charge is 1.98. The van der Waals surface area contributed by atoms with Crippen LogP contribution in [0.25, 0.3) is 0 Å². The van der Waals surface area contributed by atoms with Crippen LogP contribution in [0.2, 0.25) is 0 Å². The standard InChI is InChI=1S/C11H19N3/c1-10(8-12)5-7-13-9-11-4-2-3-6-14-11/h2-4,6,10,13H,5,7-9,12H2,1H3. The molecule has 1 aromatic heterocycles. The monoisotopic (exact) mass is 193 g/mol. The first kappa shape index (κ1) is 11.1. The first-order valence-corrected chi connectivity index (χ1v) is 5.13. The van der Waals surface area contributed by atoms with Crippen molar-refractivity contribution in [2.45, 2.75) is 19.9 Å². The molecule has 0 amide bonds. The molecule has 1 aromatic rings. The van der Waals surface area contributed by atoms with Gasteiger partial charge in [0.05, 0.1) is 5.69 Å². The van der Waals surface area contributed by atoms with Gasteiger partial charge >= 0.3 is 0 Å². The minimum atomic E-state index is 0.603. The largest absolute Gasteiger partial charge is 0.330 e. The Hall–Kier alpha value is -0.930. The van der Waals surface area contributed by atoms with Crippen LogP contribution >= 0.6 is 0 Å². The summed E-state index contributed by atoms with van der Waals surface area (Å²) in [6.07, 6.45) is 2.95. The number of hydrogen-bond donors (Lipinski definition) is 2. The zero-order chi connectivity index (χ0) is 10.2. The summed E-state index contributed by atoms with van der Waals surface area (Å²) in [7, 11) is 0. The molecule has 0 saturated heterocycles. The van der Waals surface area contributed by atoms with Crippen LogP contribution < -0.4 is 11.1 Å².